The van der Waals surface area contributed by atoms with Gasteiger partial charge in [0, 0.05) is 5.69 Å². The average molecular weight is 320 g/mol. The first-order valence-corrected chi connectivity index (χ1v) is 6.87. The van der Waals surface area contributed by atoms with Gasteiger partial charge in [0.05, 0.1) is 10.6 Å². The molecule has 8 heteroatoms. The van der Waals surface area contributed by atoms with Gasteiger partial charge in [-0.25, -0.2) is 9.79 Å². The van der Waals surface area contributed by atoms with Crippen molar-refractivity contribution in [2.45, 2.75) is 33.3 Å². The van der Waals surface area contributed by atoms with Crippen LogP contribution in [0.4, 0.5) is 16.2 Å². The molecular formula is C15H20N4O4. The highest BCUT2D eigenvalue weighted by Gasteiger charge is 2.17. The summed E-state index contributed by atoms with van der Waals surface area (Å²) in [4.78, 5) is 25.9. The molecule has 1 rings (SSSR count). The number of rotatable bonds is 4. The normalized spacial score (nSPS) is 12.7. The Morgan fingerprint density at radius 2 is 2.09 bits per heavy atom. The average Bonchev–Trinajstić information content (AvgIpc) is 2.36. The van der Waals surface area contributed by atoms with Gasteiger partial charge in [-0.15, -0.1) is 0 Å². The molecule has 0 saturated heterocycles. The molecular weight excluding hydrogens is 300 g/mol. The summed E-state index contributed by atoms with van der Waals surface area (Å²) >= 11 is 0. The maximum atomic E-state index is 11.7. The van der Waals surface area contributed by atoms with Crippen molar-refractivity contribution in [1.29, 1.82) is 0 Å². The molecule has 0 spiro atoms. The Morgan fingerprint density at radius 1 is 1.43 bits per heavy atom. The van der Waals surface area contributed by atoms with Crippen LogP contribution in [-0.4, -0.2) is 22.5 Å². The number of carbonyl (C=O) groups is 1. The molecule has 1 aromatic carbocycles. The Morgan fingerprint density at radius 3 is 2.61 bits per heavy atom. The lowest BCUT2D eigenvalue weighted by Crippen LogP contribution is -2.27. The molecule has 0 fully saturated rings. The van der Waals surface area contributed by atoms with Gasteiger partial charge in [0.2, 0.25) is 5.84 Å². The van der Waals surface area contributed by atoms with Crippen LogP contribution in [0.2, 0.25) is 0 Å². The number of nitrogens with zero attached hydrogens (tertiary/aromatic N) is 2. The van der Waals surface area contributed by atoms with E-state index in [-0.39, 0.29) is 11.5 Å². The number of aliphatic imine (C=N–C) groups is 1. The molecule has 0 aliphatic carbocycles. The molecule has 1 aromatic rings. The number of ether oxygens (including phenoxy) is 1. The summed E-state index contributed by atoms with van der Waals surface area (Å²) in [7, 11) is 0. The molecule has 0 atom stereocenters. The molecule has 23 heavy (non-hydrogen) atoms. The van der Waals surface area contributed by atoms with Crippen molar-refractivity contribution in [2.75, 3.05) is 5.32 Å². The quantitative estimate of drug-likeness (QED) is 0.382. The number of carbonyl (C=O) groups excluding carboxylic acids is 1. The molecule has 0 heterocycles. The van der Waals surface area contributed by atoms with Crippen molar-refractivity contribution in [2.24, 2.45) is 10.7 Å². The molecule has 0 unspecified atom stereocenters. The Bertz CT molecular complexity index is 660. The first-order chi connectivity index (χ1) is 10.6. The second kappa shape index (κ2) is 7.39. The van der Waals surface area contributed by atoms with Crippen molar-refractivity contribution >= 4 is 23.3 Å². The Labute approximate surface area is 134 Å². The van der Waals surface area contributed by atoms with Crippen molar-refractivity contribution in [3.8, 4) is 0 Å². The zero-order valence-corrected chi connectivity index (χ0v) is 13.5. The lowest BCUT2D eigenvalue weighted by Gasteiger charge is -2.19. The first kappa shape index (κ1) is 18.1. The van der Waals surface area contributed by atoms with E-state index in [9.17, 15) is 14.9 Å². The summed E-state index contributed by atoms with van der Waals surface area (Å²) in [6.07, 6.45) is 0.660. The van der Waals surface area contributed by atoms with Crippen LogP contribution in [0.3, 0.4) is 0 Å². The third-order valence-electron chi connectivity index (χ3n) is 2.47. The number of hydrogen-bond acceptors (Lipinski definition) is 5. The fourth-order valence-electron chi connectivity index (χ4n) is 1.62. The van der Waals surface area contributed by atoms with Crippen LogP contribution < -0.4 is 11.1 Å². The van der Waals surface area contributed by atoms with Crippen LogP contribution in [0.25, 0.3) is 0 Å². The van der Waals surface area contributed by atoms with E-state index < -0.39 is 16.6 Å². The third kappa shape index (κ3) is 6.16. The molecule has 0 saturated carbocycles. The molecule has 1 amide bonds. The van der Waals surface area contributed by atoms with Gasteiger partial charge < -0.3 is 10.5 Å². The van der Waals surface area contributed by atoms with Crippen molar-refractivity contribution < 1.29 is 14.5 Å². The minimum atomic E-state index is -0.614. The molecule has 0 bridgehead atoms. The number of amidine groups is 1. The largest absolute Gasteiger partial charge is 0.444 e. The second-order valence-corrected chi connectivity index (χ2v) is 5.61. The fraction of sp³-hybridized carbons (Fsp3) is 0.333. The molecule has 124 valence electrons. The lowest BCUT2D eigenvalue weighted by atomic mass is 10.2. The van der Waals surface area contributed by atoms with Crippen LogP contribution in [-0.2, 0) is 4.74 Å². The van der Waals surface area contributed by atoms with E-state index in [1.807, 2.05) is 0 Å². The molecule has 0 radical (unpaired) electrons. The predicted molar refractivity (Wildman–Crippen MR) is 88.3 cm³/mol. The van der Waals surface area contributed by atoms with E-state index in [4.69, 9.17) is 10.5 Å². The molecule has 3 N–H and O–H groups in total. The van der Waals surface area contributed by atoms with E-state index >= 15 is 0 Å². The molecule has 0 aliphatic heterocycles. The number of hydrogen-bond donors (Lipinski definition) is 2. The number of nitrogens with two attached hydrogens (primary N) is 1. The van der Waals surface area contributed by atoms with Gasteiger partial charge in [-0.3, -0.25) is 15.4 Å². The van der Waals surface area contributed by atoms with E-state index in [1.165, 1.54) is 19.1 Å². The molecule has 8 nitrogen and oxygen atoms in total. The minimum Gasteiger partial charge on any atom is -0.444 e. The van der Waals surface area contributed by atoms with Gasteiger partial charge in [0.1, 0.15) is 5.60 Å². The standard InChI is InChI=1S/C15H20N4O4/c1-5-12(19(21)22)13(16)17-10-7-6-8-11(9-10)18-14(20)23-15(2,3)4/h5-9H,1-4H3,(H2,16,17)(H,18,20)/b12-5+. The summed E-state index contributed by atoms with van der Waals surface area (Å²) in [5, 5.41) is 13.4. The topological polar surface area (TPSA) is 120 Å². The lowest BCUT2D eigenvalue weighted by molar-refractivity contribution is -0.415. The number of amides is 1. The van der Waals surface area contributed by atoms with Crippen LogP contribution in [0.1, 0.15) is 27.7 Å². The van der Waals surface area contributed by atoms with Gasteiger partial charge in [0.15, 0.2) is 0 Å². The van der Waals surface area contributed by atoms with E-state index in [1.54, 1.807) is 39.0 Å². The highest BCUT2D eigenvalue weighted by atomic mass is 16.6. The Balaban J connectivity index is 2.93. The summed E-state index contributed by atoms with van der Waals surface area (Å²) < 4.78 is 5.14. The number of nitrogens with one attached hydrogen (secondary N) is 1. The highest BCUT2D eigenvalue weighted by Crippen LogP contribution is 2.19. The van der Waals surface area contributed by atoms with Crippen molar-refractivity contribution in [3.05, 3.63) is 46.2 Å². The second-order valence-electron chi connectivity index (χ2n) is 5.61. The number of benzene rings is 1. The predicted octanol–water partition coefficient (Wildman–Crippen LogP) is 3.20. The van der Waals surface area contributed by atoms with Crippen LogP contribution in [0.5, 0.6) is 0 Å². The van der Waals surface area contributed by atoms with Crippen molar-refractivity contribution in [1.82, 2.24) is 0 Å². The van der Waals surface area contributed by atoms with Crippen LogP contribution in [0, 0.1) is 10.1 Å². The van der Waals surface area contributed by atoms with Gasteiger partial charge in [0.25, 0.3) is 0 Å². The van der Waals surface area contributed by atoms with E-state index in [0.29, 0.717) is 11.4 Å². The maximum absolute atomic E-state index is 11.7. The maximum Gasteiger partial charge on any atom is 0.412 e. The zero-order chi connectivity index (χ0) is 17.6. The Hall–Kier alpha value is -2.90. The van der Waals surface area contributed by atoms with Crippen LogP contribution >= 0.6 is 0 Å². The summed E-state index contributed by atoms with van der Waals surface area (Å²) in [5.74, 6) is -0.216. The Kier molecular flexibility index (Phi) is 5.83. The third-order valence-corrected chi connectivity index (χ3v) is 2.47. The monoisotopic (exact) mass is 320 g/mol. The highest BCUT2D eigenvalue weighted by molar-refractivity contribution is 5.96. The number of anilines is 1. The summed E-state index contributed by atoms with van der Waals surface area (Å²) in [6, 6.07) is 6.42. The minimum absolute atomic E-state index is 0.216. The SMILES string of the molecule is C/C=C(\C(N)=Nc1cccc(NC(=O)OC(C)(C)C)c1)[N+](=O)[O-]. The van der Waals surface area contributed by atoms with Crippen molar-refractivity contribution in [3.63, 3.8) is 0 Å². The summed E-state index contributed by atoms with van der Waals surface area (Å²) in [5.41, 5.74) is 5.54. The first-order valence-electron chi connectivity index (χ1n) is 6.87. The van der Waals surface area contributed by atoms with Gasteiger partial charge in [-0.2, -0.15) is 0 Å². The van der Waals surface area contributed by atoms with Gasteiger partial charge in [-0.05, 0) is 52.0 Å². The zero-order valence-electron chi connectivity index (χ0n) is 13.5. The van der Waals surface area contributed by atoms with Gasteiger partial charge >= 0.3 is 11.8 Å². The number of allylic oxidation sites excluding steroid dienone is 1. The summed E-state index contributed by atoms with van der Waals surface area (Å²) in [6.45, 7) is 6.76. The van der Waals surface area contributed by atoms with Gasteiger partial charge in [-0.1, -0.05) is 6.07 Å². The molecule has 0 aliphatic rings. The smallest absolute Gasteiger partial charge is 0.412 e. The number of nitro groups is 1. The fourth-order valence-corrected chi connectivity index (χ4v) is 1.62. The van der Waals surface area contributed by atoms with E-state index in [2.05, 4.69) is 10.3 Å². The van der Waals surface area contributed by atoms with E-state index in [0.717, 1.165) is 0 Å². The molecule has 0 aromatic heterocycles. The van der Waals surface area contributed by atoms with Crippen LogP contribution in [0.15, 0.2) is 41.0 Å².